The number of hydrogen-bond acceptors (Lipinski definition) is 3. The molecule has 1 N–H and O–H groups in total. The summed E-state index contributed by atoms with van der Waals surface area (Å²) in [6.45, 7) is 2.67. The first-order valence-electron chi connectivity index (χ1n) is 8.00. The van der Waals surface area contributed by atoms with Crippen LogP contribution in [0.1, 0.15) is 40.5 Å². The number of hydrogen-bond donors (Lipinski definition) is 1. The summed E-state index contributed by atoms with van der Waals surface area (Å²) in [5.41, 5.74) is 3.24. The van der Waals surface area contributed by atoms with E-state index in [9.17, 15) is 4.79 Å². The Morgan fingerprint density at radius 2 is 2.25 bits per heavy atom. The van der Waals surface area contributed by atoms with Crippen LogP contribution in [0.2, 0.25) is 5.02 Å². The summed E-state index contributed by atoms with van der Waals surface area (Å²) in [6, 6.07) is 9.70. The smallest absolute Gasteiger partial charge is 0.255 e. The van der Waals surface area contributed by atoms with Gasteiger partial charge in [0.15, 0.2) is 5.65 Å². The molecule has 1 unspecified atom stereocenters. The van der Waals surface area contributed by atoms with Crippen LogP contribution in [-0.2, 0) is 0 Å². The third-order valence-electron chi connectivity index (χ3n) is 4.59. The first-order chi connectivity index (χ1) is 11.6. The van der Waals surface area contributed by atoms with Crippen molar-refractivity contribution in [1.29, 1.82) is 0 Å². The van der Waals surface area contributed by atoms with Crippen LogP contribution in [0.3, 0.4) is 0 Å². The summed E-state index contributed by atoms with van der Waals surface area (Å²) in [4.78, 5) is 19.2. The molecule has 1 amide bonds. The van der Waals surface area contributed by atoms with Gasteiger partial charge in [-0.2, -0.15) is 5.10 Å². The number of halogens is 1. The number of amides is 1. The number of fused-ring (bicyclic) bond motifs is 1. The minimum absolute atomic E-state index is 0.00692. The van der Waals surface area contributed by atoms with Crippen LogP contribution in [0.25, 0.3) is 11.0 Å². The highest BCUT2D eigenvalue weighted by Crippen LogP contribution is 2.34. The summed E-state index contributed by atoms with van der Waals surface area (Å²) in [5, 5.41) is 8.60. The van der Waals surface area contributed by atoms with Gasteiger partial charge in [-0.05, 0) is 43.5 Å². The number of pyridine rings is 1. The van der Waals surface area contributed by atoms with E-state index in [0.29, 0.717) is 16.2 Å². The molecule has 6 heteroatoms. The monoisotopic (exact) mass is 340 g/mol. The molecule has 1 atom stereocenters. The molecule has 0 aliphatic carbocycles. The normalized spacial score (nSPS) is 17.6. The molecule has 0 bridgehead atoms. The summed E-state index contributed by atoms with van der Waals surface area (Å²) in [6.07, 6.45) is 3.55. The molecule has 122 valence electrons. The number of carbonyl (C=O) groups is 1. The Kier molecular flexibility index (Phi) is 3.73. The number of benzene rings is 1. The first kappa shape index (κ1) is 15.1. The van der Waals surface area contributed by atoms with Crippen molar-refractivity contribution in [3.8, 4) is 0 Å². The predicted molar refractivity (Wildman–Crippen MR) is 93.1 cm³/mol. The maximum absolute atomic E-state index is 13.0. The van der Waals surface area contributed by atoms with E-state index in [2.05, 4.69) is 15.2 Å². The zero-order valence-electron chi connectivity index (χ0n) is 13.3. The molecule has 0 spiro atoms. The number of carbonyl (C=O) groups excluding carboxylic acids is 1. The Hall–Kier alpha value is -2.40. The highest BCUT2D eigenvalue weighted by molar-refractivity contribution is 6.30. The van der Waals surface area contributed by atoms with E-state index < -0.39 is 0 Å². The first-order valence-corrected chi connectivity index (χ1v) is 8.38. The molecule has 4 rings (SSSR count). The van der Waals surface area contributed by atoms with Gasteiger partial charge in [-0.25, -0.2) is 4.98 Å². The molecule has 3 heterocycles. The number of aryl methyl sites for hydroxylation is 1. The number of likely N-dealkylation sites (tertiary alicyclic amines) is 1. The Balaban J connectivity index is 1.67. The van der Waals surface area contributed by atoms with Crippen LogP contribution in [0, 0.1) is 6.92 Å². The minimum Gasteiger partial charge on any atom is -0.332 e. The van der Waals surface area contributed by atoms with Crippen LogP contribution in [-0.4, -0.2) is 32.5 Å². The number of nitrogens with one attached hydrogen (secondary N) is 1. The lowest BCUT2D eigenvalue weighted by Crippen LogP contribution is -2.30. The minimum atomic E-state index is 0.00692. The van der Waals surface area contributed by atoms with Gasteiger partial charge in [0.1, 0.15) is 0 Å². The Labute approximate surface area is 144 Å². The summed E-state index contributed by atoms with van der Waals surface area (Å²) in [5.74, 6) is 0.00692. The highest BCUT2D eigenvalue weighted by Gasteiger charge is 2.31. The molecule has 2 aromatic heterocycles. The summed E-state index contributed by atoms with van der Waals surface area (Å²) < 4.78 is 0. The maximum atomic E-state index is 13.0. The molecule has 1 aliphatic heterocycles. The predicted octanol–water partition coefficient (Wildman–Crippen LogP) is 3.90. The van der Waals surface area contributed by atoms with Crippen LogP contribution in [0.15, 0.2) is 36.5 Å². The van der Waals surface area contributed by atoms with Crippen molar-refractivity contribution in [2.24, 2.45) is 0 Å². The van der Waals surface area contributed by atoms with Crippen molar-refractivity contribution in [1.82, 2.24) is 20.1 Å². The highest BCUT2D eigenvalue weighted by atomic mass is 35.5. The van der Waals surface area contributed by atoms with Gasteiger partial charge >= 0.3 is 0 Å². The number of nitrogens with zero attached hydrogens (tertiary/aromatic N) is 3. The van der Waals surface area contributed by atoms with Crippen LogP contribution in [0.4, 0.5) is 0 Å². The van der Waals surface area contributed by atoms with E-state index >= 15 is 0 Å². The molecule has 0 saturated carbocycles. The molecule has 0 radical (unpaired) electrons. The van der Waals surface area contributed by atoms with Crippen molar-refractivity contribution in [2.75, 3.05) is 6.54 Å². The second kappa shape index (κ2) is 5.91. The molecule has 1 saturated heterocycles. The van der Waals surface area contributed by atoms with Crippen molar-refractivity contribution >= 4 is 28.5 Å². The lowest BCUT2D eigenvalue weighted by molar-refractivity contribution is 0.0735. The average Bonchev–Trinajstić information content (AvgIpc) is 3.21. The number of rotatable bonds is 2. The Bertz CT molecular complexity index is 920. The molecule has 3 aromatic rings. The second-order valence-corrected chi connectivity index (χ2v) is 6.59. The van der Waals surface area contributed by atoms with E-state index in [4.69, 9.17) is 11.6 Å². The molecular formula is C18H17ClN4O. The number of aromatic nitrogens is 3. The van der Waals surface area contributed by atoms with Gasteiger partial charge in [0.25, 0.3) is 5.91 Å². The molecule has 1 fully saturated rings. The van der Waals surface area contributed by atoms with Gasteiger partial charge in [-0.3, -0.25) is 9.89 Å². The van der Waals surface area contributed by atoms with E-state index in [1.807, 2.05) is 42.2 Å². The van der Waals surface area contributed by atoms with Gasteiger partial charge in [0.2, 0.25) is 0 Å². The fourth-order valence-electron chi connectivity index (χ4n) is 3.37. The van der Waals surface area contributed by atoms with Crippen LogP contribution < -0.4 is 0 Å². The van der Waals surface area contributed by atoms with Crippen molar-refractivity contribution in [2.45, 2.75) is 25.8 Å². The molecule has 5 nitrogen and oxygen atoms in total. The van der Waals surface area contributed by atoms with Gasteiger partial charge < -0.3 is 4.90 Å². The SMILES string of the molecule is Cc1[nH]nc2ncc(C(=O)N3CCCC3c3cccc(Cl)c3)cc12. The van der Waals surface area contributed by atoms with Crippen LogP contribution >= 0.6 is 11.6 Å². The van der Waals surface area contributed by atoms with Crippen molar-refractivity contribution in [3.63, 3.8) is 0 Å². The largest absolute Gasteiger partial charge is 0.332 e. The molecular weight excluding hydrogens is 324 g/mol. The molecule has 1 aromatic carbocycles. The van der Waals surface area contributed by atoms with E-state index in [-0.39, 0.29) is 11.9 Å². The average molecular weight is 341 g/mol. The lowest BCUT2D eigenvalue weighted by atomic mass is 10.0. The van der Waals surface area contributed by atoms with Crippen LogP contribution in [0.5, 0.6) is 0 Å². The molecule has 1 aliphatic rings. The van der Waals surface area contributed by atoms with Gasteiger partial charge in [-0.1, -0.05) is 23.7 Å². The second-order valence-electron chi connectivity index (χ2n) is 6.16. The fourth-order valence-corrected chi connectivity index (χ4v) is 3.57. The topological polar surface area (TPSA) is 61.9 Å². The summed E-state index contributed by atoms with van der Waals surface area (Å²) >= 11 is 6.11. The zero-order valence-corrected chi connectivity index (χ0v) is 14.0. The third kappa shape index (κ3) is 2.55. The quantitative estimate of drug-likeness (QED) is 0.769. The van der Waals surface area contributed by atoms with Gasteiger partial charge in [0, 0.05) is 28.8 Å². The number of aromatic amines is 1. The van der Waals surface area contributed by atoms with Crippen molar-refractivity contribution in [3.05, 3.63) is 58.4 Å². The maximum Gasteiger partial charge on any atom is 0.255 e. The summed E-state index contributed by atoms with van der Waals surface area (Å²) in [7, 11) is 0. The van der Waals surface area contributed by atoms with E-state index in [1.54, 1.807) is 6.20 Å². The Morgan fingerprint density at radius 1 is 1.38 bits per heavy atom. The van der Waals surface area contributed by atoms with Gasteiger partial charge in [-0.15, -0.1) is 0 Å². The zero-order chi connectivity index (χ0) is 16.7. The van der Waals surface area contributed by atoms with Crippen molar-refractivity contribution < 1.29 is 4.79 Å². The van der Waals surface area contributed by atoms with E-state index in [0.717, 1.165) is 36.0 Å². The lowest BCUT2D eigenvalue weighted by Gasteiger charge is -2.25. The number of H-pyrrole nitrogens is 1. The van der Waals surface area contributed by atoms with Gasteiger partial charge in [0.05, 0.1) is 11.6 Å². The van der Waals surface area contributed by atoms with E-state index in [1.165, 1.54) is 0 Å². The molecule has 24 heavy (non-hydrogen) atoms. The fraction of sp³-hybridized carbons (Fsp3) is 0.278. The standard InChI is InChI=1S/C18H17ClN4O/c1-11-15-9-13(10-20-17(15)22-21-11)18(24)23-7-3-6-16(23)12-4-2-5-14(19)8-12/h2,4-5,8-10,16H,3,6-7H2,1H3,(H,20,21,22). The Morgan fingerprint density at radius 3 is 3.08 bits per heavy atom. The third-order valence-corrected chi connectivity index (χ3v) is 4.83.